The maximum Gasteiger partial charge on any atom is 0.325 e. The average Bonchev–Trinajstić information content (AvgIpc) is 3.22. The first kappa shape index (κ1) is 28.1. The number of amides is 1. The number of esters is 1. The van der Waals surface area contributed by atoms with E-state index in [2.05, 4.69) is 0 Å². The van der Waals surface area contributed by atoms with Crippen molar-refractivity contribution in [3.63, 3.8) is 0 Å². The molecular weight excluding hydrogens is 486 g/mol. The van der Waals surface area contributed by atoms with Gasteiger partial charge in [-0.2, -0.15) is 0 Å². The second-order valence-electron chi connectivity index (χ2n) is 8.49. The molecule has 6 nitrogen and oxygen atoms in total. The zero-order valence-corrected chi connectivity index (χ0v) is 23.1. The highest BCUT2D eigenvalue weighted by Crippen LogP contribution is 2.53. The molecule has 0 radical (unpaired) electrons. The molecule has 0 N–H and O–H groups in total. The third-order valence-electron chi connectivity index (χ3n) is 6.29. The minimum atomic E-state index is -1.15. The average molecular weight is 522 g/mol. The number of carbonyl (C=O) groups excluding carboxylic acids is 2. The zero-order chi connectivity index (χ0) is 27.0. The largest absolute Gasteiger partial charge is 0.497 e. The summed E-state index contributed by atoms with van der Waals surface area (Å²) in [5.74, 6) is 0.735. The van der Waals surface area contributed by atoms with Crippen molar-refractivity contribution in [3.05, 3.63) is 89.5 Å². The number of rotatable bonds is 8. The van der Waals surface area contributed by atoms with Crippen LogP contribution in [-0.4, -0.2) is 42.9 Å². The lowest BCUT2D eigenvalue weighted by molar-refractivity contribution is -0.144. The number of hydrogen-bond acceptors (Lipinski definition) is 6. The number of nitrogens with zero attached hydrogens (tertiary/aromatic N) is 1. The number of ether oxygens (including phenoxy) is 3. The maximum atomic E-state index is 13.6. The number of methoxy groups -OCH3 is 3. The molecular formula is C30H35NO5S. The minimum absolute atomic E-state index is 0.0241. The molecule has 4 rings (SSSR count). The minimum Gasteiger partial charge on any atom is -0.497 e. The Morgan fingerprint density at radius 2 is 1.65 bits per heavy atom. The molecule has 7 heteroatoms. The van der Waals surface area contributed by atoms with Crippen LogP contribution in [0.1, 0.15) is 43.0 Å². The molecule has 0 bridgehead atoms. The summed E-state index contributed by atoms with van der Waals surface area (Å²) in [5, 5.41) is 0. The van der Waals surface area contributed by atoms with Crippen LogP contribution in [0.15, 0.2) is 77.7 Å². The number of benzene rings is 3. The summed E-state index contributed by atoms with van der Waals surface area (Å²) in [7, 11) is 4.56. The summed E-state index contributed by atoms with van der Waals surface area (Å²) in [4.78, 5) is 29.7. The Bertz CT molecular complexity index is 1200. The van der Waals surface area contributed by atoms with Gasteiger partial charge < -0.3 is 19.1 Å². The lowest BCUT2D eigenvalue weighted by Gasteiger charge is -2.35. The van der Waals surface area contributed by atoms with Gasteiger partial charge >= 0.3 is 5.97 Å². The highest BCUT2D eigenvalue weighted by atomic mass is 32.2. The Morgan fingerprint density at radius 3 is 2.24 bits per heavy atom. The molecule has 0 spiro atoms. The predicted octanol–water partition coefficient (Wildman–Crippen LogP) is 6.22. The van der Waals surface area contributed by atoms with E-state index in [-0.39, 0.29) is 18.9 Å². The van der Waals surface area contributed by atoms with Crippen LogP contribution in [0.4, 0.5) is 0 Å². The normalized spacial score (nSPS) is 18.6. The molecule has 3 aromatic carbocycles. The van der Waals surface area contributed by atoms with Crippen molar-refractivity contribution in [2.75, 3.05) is 21.3 Å². The van der Waals surface area contributed by atoms with Crippen LogP contribution in [-0.2, 0) is 20.9 Å². The fraction of sp³-hybridized carbons (Fsp3) is 0.333. The third kappa shape index (κ3) is 5.93. The Morgan fingerprint density at radius 1 is 0.973 bits per heavy atom. The van der Waals surface area contributed by atoms with Crippen molar-refractivity contribution in [3.8, 4) is 11.5 Å². The van der Waals surface area contributed by atoms with Gasteiger partial charge in [-0.25, -0.2) is 0 Å². The maximum absolute atomic E-state index is 13.6. The fourth-order valence-electron chi connectivity index (χ4n) is 4.56. The SMILES string of the molecule is CC.COC(=O)C1(Sc2ccc(C)cc2)CC(=O)N(Cc2ccc(OC)cc2OC)C1c1ccccc1. The van der Waals surface area contributed by atoms with Gasteiger partial charge in [-0.1, -0.05) is 61.9 Å². The van der Waals surface area contributed by atoms with E-state index in [1.165, 1.54) is 18.9 Å². The fourth-order valence-corrected chi connectivity index (χ4v) is 5.99. The van der Waals surface area contributed by atoms with Crippen LogP contribution in [0.25, 0.3) is 0 Å². The molecule has 0 aliphatic carbocycles. The molecule has 196 valence electrons. The van der Waals surface area contributed by atoms with Gasteiger partial charge in [0.1, 0.15) is 11.5 Å². The van der Waals surface area contributed by atoms with Gasteiger partial charge in [0.15, 0.2) is 4.75 Å². The number of thioether (sulfide) groups is 1. The molecule has 1 aliphatic rings. The quantitative estimate of drug-likeness (QED) is 0.328. The summed E-state index contributed by atoms with van der Waals surface area (Å²) in [5.41, 5.74) is 2.82. The number of aryl methyl sites for hydroxylation is 1. The van der Waals surface area contributed by atoms with Gasteiger partial charge in [0.25, 0.3) is 0 Å². The van der Waals surface area contributed by atoms with E-state index in [0.717, 1.165) is 21.6 Å². The summed E-state index contributed by atoms with van der Waals surface area (Å²) in [6, 6.07) is 22.6. The smallest absolute Gasteiger partial charge is 0.325 e. The molecule has 3 aromatic rings. The van der Waals surface area contributed by atoms with Gasteiger partial charge in [0, 0.05) is 23.1 Å². The number of hydrogen-bond donors (Lipinski definition) is 0. The van der Waals surface area contributed by atoms with Gasteiger partial charge in [-0.15, -0.1) is 11.8 Å². The Hall–Kier alpha value is -3.45. The summed E-state index contributed by atoms with van der Waals surface area (Å²) < 4.78 is 15.1. The van der Waals surface area contributed by atoms with E-state index in [1.54, 1.807) is 25.2 Å². The molecule has 0 saturated carbocycles. The molecule has 2 unspecified atom stereocenters. The molecule has 2 atom stereocenters. The third-order valence-corrected chi connectivity index (χ3v) is 7.70. The molecule has 0 aromatic heterocycles. The van der Waals surface area contributed by atoms with Crippen LogP contribution < -0.4 is 9.47 Å². The summed E-state index contributed by atoms with van der Waals surface area (Å²) >= 11 is 1.39. The zero-order valence-electron chi connectivity index (χ0n) is 22.3. The standard InChI is InChI=1S/C28H29NO5S.C2H6/c1-19-10-14-23(15-11-19)35-28(27(31)34-4)17-25(30)29(26(28)20-8-6-5-7-9-20)18-21-12-13-22(32-2)16-24(21)33-3;1-2/h5-16,26H,17-18H2,1-4H3;1-2H3. The first-order valence-electron chi connectivity index (χ1n) is 12.3. The Balaban J connectivity index is 0.00000186. The van der Waals surface area contributed by atoms with Crippen LogP contribution in [0.3, 0.4) is 0 Å². The number of carbonyl (C=O) groups is 2. The topological polar surface area (TPSA) is 65.1 Å². The van der Waals surface area contributed by atoms with Crippen molar-refractivity contribution in [2.45, 2.75) is 49.4 Å². The summed E-state index contributed by atoms with van der Waals surface area (Å²) in [6.45, 7) is 6.29. The van der Waals surface area contributed by atoms with E-state index in [1.807, 2.05) is 87.5 Å². The van der Waals surface area contributed by atoms with Crippen LogP contribution >= 0.6 is 11.8 Å². The van der Waals surface area contributed by atoms with Gasteiger partial charge in [0.2, 0.25) is 5.91 Å². The predicted molar refractivity (Wildman–Crippen MR) is 147 cm³/mol. The monoisotopic (exact) mass is 521 g/mol. The lowest BCUT2D eigenvalue weighted by Crippen LogP contribution is -2.42. The molecule has 1 saturated heterocycles. The number of likely N-dealkylation sites (tertiary alicyclic amines) is 1. The van der Waals surface area contributed by atoms with E-state index in [4.69, 9.17) is 14.2 Å². The lowest BCUT2D eigenvalue weighted by atomic mass is 9.92. The first-order valence-corrected chi connectivity index (χ1v) is 13.1. The van der Waals surface area contributed by atoms with Gasteiger partial charge in [-0.05, 0) is 36.8 Å². The molecule has 1 fully saturated rings. The van der Waals surface area contributed by atoms with Crippen molar-refractivity contribution in [2.24, 2.45) is 0 Å². The Kier molecular flexibility index (Phi) is 9.64. The highest BCUT2D eigenvalue weighted by molar-refractivity contribution is 8.01. The summed E-state index contributed by atoms with van der Waals surface area (Å²) in [6.07, 6.45) is 0.0241. The molecule has 37 heavy (non-hydrogen) atoms. The van der Waals surface area contributed by atoms with E-state index in [0.29, 0.717) is 11.5 Å². The second-order valence-corrected chi connectivity index (χ2v) is 9.89. The van der Waals surface area contributed by atoms with Crippen LogP contribution in [0, 0.1) is 6.92 Å². The van der Waals surface area contributed by atoms with Crippen molar-refractivity contribution in [1.29, 1.82) is 0 Å². The molecule has 1 heterocycles. The van der Waals surface area contributed by atoms with Gasteiger partial charge in [0.05, 0.1) is 33.8 Å². The van der Waals surface area contributed by atoms with Crippen LogP contribution in [0.5, 0.6) is 11.5 Å². The highest BCUT2D eigenvalue weighted by Gasteiger charge is 2.59. The van der Waals surface area contributed by atoms with Crippen molar-refractivity contribution < 1.29 is 23.8 Å². The van der Waals surface area contributed by atoms with Gasteiger partial charge in [-0.3, -0.25) is 9.59 Å². The van der Waals surface area contributed by atoms with E-state index < -0.39 is 16.8 Å². The molecule has 1 aliphatic heterocycles. The molecule has 1 amide bonds. The van der Waals surface area contributed by atoms with Crippen molar-refractivity contribution in [1.82, 2.24) is 4.90 Å². The van der Waals surface area contributed by atoms with Crippen molar-refractivity contribution >= 4 is 23.6 Å². The second kappa shape index (κ2) is 12.7. The van der Waals surface area contributed by atoms with E-state index >= 15 is 0 Å². The first-order chi connectivity index (χ1) is 17.9. The van der Waals surface area contributed by atoms with Crippen LogP contribution in [0.2, 0.25) is 0 Å². The Labute approximate surface area is 223 Å². The van der Waals surface area contributed by atoms with E-state index in [9.17, 15) is 9.59 Å².